The monoisotopic (exact) mass is 397 g/mol. The van der Waals surface area contributed by atoms with Crippen LogP contribution in [0.3, 0.4) is 0 Å². The average Bonchev–Trinajstić information content (AvgIpc) is 2.67. The molecule has 1 aliphatic heterocycles. The minimum Gasteiger partial charge on any atom is -0.497 e. The molecule has 0 saturated carbocycles. The molecule has 0 spiro atoms. The number of pyridine rings is 1. The summed E-state index contributed by atoms with van der Waals surface area (Å²) in [5.41, 5.74) is 2.63. The van der Waals surface area contributed by atoms with E-state index in [1.807, 2.05) is 18.2 Å². The number of hydrogen-bond donors (Lipinski definition) is 2. The van der Waals surface area contributed by atoms with Crippen LogP contribution in [0.4, 0.5) is 11.4 Å². The van der Waals surface area contributed by atoms with E-state index in [1.165, 1.54) is 0 Å². The van der Waals surface area contributed by atoms with Gasteiger partial charge in [-0.05, 0) is 37.3 Å². The van der Waals surface area contributed by atoms with Gasteiger partial charge in [0, 0.05) is 11.5 Å². The smallest absolute Gasteiger partial charge is 0.262 e. The number of methoxy groups -OCH3 is 1. The van der Waals surface area contributed by atoms with Gasteiger partial charge >= 0.3 is 0 Å². The Kier molecular flexibility index (Phi) is 4.52. The quantitative estimate of drug-likeness (QED) is 0.701. The van der Waals surface area contributed by atoms with Crippen molar-refractivity contribution in [1.82, 2.24) is 4.98 Å². The fraction of sp³-hybridized carbons (Fsp3) is 0.150. The second-order valence-corrected chi connectivity index (χ2v) is 6.71. The minimum atomic E-state index is -0.351. The van der Waals surface area contributed by atoms with E-state index in [9.17, 15) is 9.59 Å². The standard InChI is InChI=1S/C20H16ClN3O4/c1-10-13(6-11-5-12(27-2)3-4-15(11)22-10)20(26)24-16-8-18-17(7-14(16)21)23-19(25)9-28-18/h3-8H,9H2,1-2H3,(H,23,25)(H,24,26). The van der Waals surface area contributed by atoms with Gasteiger partial charge in [0.15, 0.2) is 6.61 Å². The maximum absolute atomic E-state index is 12.9. The zero-order valence-electron chi connectivity index (χ0n) is 15.1. The lowest BCUT2D eigenvalue weighted by molar-refractivity contribution is -0.118. The molecule has 0 radical (unpaired) electrons. The highest BCUT2D eigenvalue weighted by atomic mass is 35.5. The summed E-state index contributed by atoms with van der Waals surface area (Å²) in [6.07, 6.45) is 0. The van der Waals surface area contributed by atoms with Crippen molar-refractivity contribution in [3.63, 3.8) is 0 Å². The summed E-state index contributed by atoms with van der Waals surface area (Å²) in [7, 11) is 1.58. The fourth-order valence-electron chi connectivity index (χ4n) is 2.99. The van der Waals surface area contributed by atoms with Gasteiger partial charge < -0.3 is 20.1 Å². The number of fused-ring (bicyclic) bond motifs is 2. The molecule has 0 unspecified atom stereocenters. The van der Waals surface area contributed by atoms with Gasteiger partial charge in [0.1, 0.15) is 11.5 Å². The number of rotatable bonds is 3. The molecule has 2 N–H and O–H groups in total. The van der Waals surface area contributed by atoms with E-state index in [-0.39, 0.29) is 23.4 Å². The van der Waals surface area contributed by atoms with Crippen molar-refractivity contribution in [2.45, 2.75) is 6.92 Å². The highest BCUT2D eigenvalue weighted by molar-refractivity contribution is 6.34. The van der Waals surface area contributed by atoms with E-state index in [1.54, 1.807) is 32.2 Å². The predicted molar refractivity (Wildman–Crippen MR) is 107 cm³/mol. The van der Waals surface area contributed by atoms with Crippen molar-refractivity contribution in [1.29, 1.82) is 0 Å². The Morgan fingerprint density at radius 2 is 2.11 bits per heavy atom. The van der Waals surface area contributed by atoms with E-state index in [4.69, 9.17) is 21.1 Å². The van der Waals surface area contributed by atoms with Crippen LogP contribution in [0.25, 0.3) is 10.9 Å². The van der Waals surface area contributed by atoms with Crippen LogP contribution >= 0.6 is 11.6 Å². The van der Waals surface area contributed by atoms with E-state index < -0.39 is 0 Å². The summed E-state index contributed by atoms with van der Waals surface area (Å²) in [5, 5.41) is 6.53. The minimum absolute atomic E-state index is 0.0858. The van der Waals surface area contributed by atoms with Crippen LogP contribution in [0.15, 0.2) is 36.4 Å². The summed E-state index contributed by atoms with van der Waals surface area (Å²) < 4.78 is 10.6. The van der Waals surface area contributed by atoms with Gasteiger partial charge in [-0.15, -0.1) is 0 Å². The number of hydrogen-bond acceptors (Lipinski definition) is 5. The molecule has 0 bridgehead atoms. The van der Waals surface area contributed by atoms with Crippen LogP contribution in [0.5, 0.6) is 11.5 Å². The first-order chi connectivity index (χ1) is 13.4. The SMILES string of the molecule is COc1ccc2nc(C)c(C(=O)Nc3cc4c(cc3Cl)NC(=O)CO4)cc2c1. The van der Waals surface area contributed by atoms with Gasteiger partial charge in [0.05, 0.1) is 40.3 Å². The van der Waals surface area contributed by atoms with Crippen LogP contribution in [-0.4, -0.2) is 30.5 Å². The largest absolute Gasteiger partial charge is 0.497 e. The number of benzene rings is 2. The lowest BCUT2D eigenvalue weighted by Gasteiger charge is -2.19. The Balaban J connectivity index is 1.67. The summed E-state index contributed by atoms with van der Waals surface area (Å²) >= 11 is 6.26. The zero-order chi connectivity index (χ0) is 19.8. The third-order valence-corrected chi connectivity index (χ3v) is 4.72. The van der Waals surface area contributed by atoms with Crippen LogP contribution in [0, 0.1) is 6.92 Å². The van der Waals surface area contributed by atoms with Crippen LogP contribution < -0.4 is 20.1 Å². The summed E-state index contributed by atoms with van der Waals surface area (Å²) in [4.78, 5) is 28.8. The van der Waals surface area contributed by atoms with Crippen molar-refractivity contribution in [2.24, 2.45) is 0 Å². The normalized spacial score (nSPS) is 12.8. The molecular weight excluding hydrogens is 382 g/mol. The first kappa shape index (κ1) is 18.1. The first-order valence-electron chi connectivity index (χ1n) is 8.47. The predicted octanol–water partition coefficient (Wildman–Crippen LogP) is 3.79. The number of nitrogens with one attached hydrogen (secondary N) is 2. The molecule has 1 aliphatic rings. The van der Waals surface area contributed by atoms with E-state index in [0.29, 0.717) is 34.1 Å². The van der Waals surface area contributed by atoms with Gasteiger partial charge in [0.2, 0.25) is 0 Å². The number of anilines is 2. The summed E-state index contributed by atoms with van der Waals surface area (Å²) in [6, 6.07) is 10.4. The Hall–Kier alpha value is -3.32. The van der Waals surface area contributed by atoms with Gasteiger partial charge in [-0.3, -0.25) is 14.6 Å². The molecule has 2 heterocycles. The molecule has 0 fully saturated rings. The van der Waals surface area contributed by atoms with Gasteiger partial charge in [-0.25, -0.2) is 0 Å². The molecule has 3 aromatic rings. The molecule has 8 heteroatoms. The van der Waals surface area contributed by atoms with Gasteiger partial charge in [-0.1, -0.05) is 11.6 Å². The van der Waals surface area contributed by atoms with Crippen LogP contribution in [-0.2, 0) is 4.79 Å². The maximum atomic E-state index is 12.9. The van der Waals surface area contributed by atoms with Gasteiger partial charge in [0.25, 0.3) is 11.8 Å². The third-order valence-electron chi connectivity index (χ3n) is 4.41. The van der Waals surface area contributed by atoms with Crippen LogP contribution in [0.2, 0.25) is 5.02 Å². The fourth-order valence-corrected chi connectivity index (χ4v) is 3.20. The Labute approximate surface area is 165 Å². The van der Waals surface area contributed by atoms with Crippen molar-refractivity contribution < 1.29 is 19.1 Å². The number of nitrogens with zero attached hydrogens (tertiary/aromatic N) is 1. The van der Waals surface area contributed by atoms with Gasteiger partial charge in [-0.2, -0.15) is 0 Å². The van der Waals surface area contributed by atoms with Crippen molar-refractivity contribution in [2.75, 3.05) is 24.4 Å². The molecule has 0 atom stereocenters. The lowest BCUT2D eigenvalue weighted by atomic mass is 10.1. The molecular formula is C20H16ClN3O4. The highest BCUT2D eigenvalue weighted by Gasteiger charge is 2.20. The molecule has 4 rings (SSSR count). The number of carbonyl (C=O) groups excluding carboxylic acids is 2. The second kappa shape index (κ2) is 7.01. The van der Waals surface area contributed by atoms with E-state index in [2.05, 4.69) is 15.6 Å². The molecule has 2 aromatic carbocycles. The first-order valence-corrected chi connectivity index (χ1v) is 8.85. The molecule has 1 aromatic heterocycles. The topological polar surface area (TPSA) is 89.5 Å². The number of ether oxygens (including phenoxy) is 2. The molecule has 2 amide bonds. The van der Waals surface area contributed by atoms with Crippen molar-refractivity contribution >= 4 is 45.7 Å². The van der Waals surface area contributed by atoms with Crippen LogP contribution in [0.1, 0.15) is 16.1 Å². The maximum Gasteiger partial charge on any atom is 0.262 e. The summed E-state index contributed by atoms with van der Waals surface area (Å²) in [6.45, 7) is 1.68. The highest BCUT2D eigenvalue weighted by Crippen LogP contribution is 2.36. The van der Waals surface area contributed by atoms with Crippen molar-refractivity contribution in [3.8, 4) is 11.5 Å². The molecule has 142 valence electrons. The second-order valence-electron chi connectivity index (χ2n) is 6.30. The number of carbonyl (C=O) groups is 2. The Morgan fingerprint density at radius 3 is 2.89 bits per heavy atom. The number of amides is 2. The molecule has 7 nitrogen and oxygen atoms in total. The number of aryl methyl sites for hydroxylation is 1. The lowest BCUT2D eigenvalue weighted by Crippen LogP contribution is -2.25. The summed E-state index contributed by atoms with van der Waals surface area (Å²) in [5.74, 6) is 0.517. The third kappa shape index (κ3) is 3.32. The average molecular weight is 398 g/mol. The van der Waals surface area contributed by atoms with Crippen molar-refractivity contribution in [3.05, 3.63) is 52.7 Å². The molecule has 0 saturated heterocycles. The molecule has 28 heavy (non-hydrogen) atoms. The Morgan fingerprint density at radius 1 is 1.29 bits per heavy atom. The molecule has 0 aliphatic carbocycles. The zero-order valence-corrected chi connectivity index (χ0v) is 15.9. The Bertz CT molecular complexity index is 1130. The van der Waals surface area contributed by atoms with E-state index >= 15 is 0 Å². The van der Waals surface area contributed by atoms with E-state index in [0.717, 1.165) is 10.9 Å². The number of halogens is 1. The number of aromatic nitrogens is 1.